The van der Waals surface area contributed by atoms with Crippen molar-refractivity contribution in [1.29, 1.82) is 0 Å². The van der Waals surface area contributed by atoms with Crippen molar-refractivity contribution in [2.24, 2.45) is 5.73 Å². The Hall–Kier alpha value is -1.61. The molecule has 1 atom stereocenters. The van der Waals surface area contributed by atoms with Crippen LogP contribution in [-0.2, 0) is 6.42 Å². The van der Waals surface area contributed by atoms with Gasteiger partial charge >= 0.3 is 0 Å². The largest absolute Gasteiger partial charge is 0.465 e. The maximum absolute atomic E-state index is 13.1. The molecular weight excluding hydrogens is 217 g/mol. The van der Waals surface area contributed by atoms with Crippen molar-refractivity contribution in [3.05, 3.63) is 58.8 Å². The summed E-state index contributed by atoms with van der Waals surface area (Å²) in [7, 11) is 0. The molecule has 1 unspecified atom stereocenters. The summed E-state index contributed by atoms with van der Waals surface area (Å²) in [6, 6.07) is 8.28. The molecule has 3 heteroatoms. The lowest BCUT2D eigenvalue weighted by molar-refractivity contribution is 0.444. The average Bonchev–Trinajstić information content (AvgIpc) is 2.70. The molecule has 2 nitrogen and oxygen atoms in total. The van der Waals surface area contributed by atoms with Gasteiger partial charge in [-0.3, -0.25) is 0 Å². The molecule has 17 heavy (non-hydrogen) atoms. The molecule has 90 valence electrons. The summed E-state index contributed by atoms with van der Waals surface area (Å²) in [5, 5.41) is 0. The zero-order valence-electron chi connectivity index (χ0n) is 10.0. The standard InChI is InChI=1S/C14H16FNO/c1-9-3-5-12(15)7-11(9)8-13(16)14-6-4-10(2)17-14/h3-7,13H,8,16H2,1-2H3. The van der Waals surface area contributed by atoms with Gasteiger partial charge in [-0.1, -0.05) is 6.07 Å². The van der Waals surface area contributed by atoms with E-state index in [2.05, 4.69) is 0 Å². The highest BCUT2D eigenvalue weighted by Gasteiger charge is 2.12. The maximum Gasteiger partial charge on any atom is 0.123 e. The fourth-order valence-corrected chi connectivity index (χ4v) is 1.85. The Bertz CT molecular complexity index is 519. The second kappa shape index (κ2) is 4.72. The van der Waals surface area contributed by atoms with E-state index < -0.39 is 0 Å². The Balaban J connectivity index is 2.18. The molecule has 1 heterocycles. The van der Waals surface area contributed by atoms with Crippen LogP contribution in [-0.4, -0.2) is 0 Å². The first-order valence-corrected chi connectivity index (χ1v) is 5.63. The molecule has 1 aromatic heterocycles. The summed E-state index contributed by atoms with van der Waals surface area (Å²) in [6.07, 6.45) is 0.580. The fraction of sp³-hybridized carbons (Fsp3) is 0.286. The maximum atomic E-state index is 13.1. The summed E-state index contributed by atoms with van der Waals surface area (Å²) in [5.74, 6) is 1.35. The first-order chi connectivity index (χ1) is 8.06. The van der Waals surface area contributed by atoms with Gasteiger partial charge in [-0.25, -0.2) is 4.39 Å². The van der Waals surface area contributed by atoms with E-state index in [-0.39, 0.29) is 11.9 Å². The molecule has 0 aliphatic rings. The summed E-state index contributed by atoms with van der Waals surface area (Å²) in [5.41, 5.74) is 8.01. The average molecular weight is 233 g/mol. The van der Waals surface area contributed by atoms with Gasteiger partial charge in [0.25, 0.3) is 0 Å². The second-order valence-electron chi connectivity index (χ2n) is 4.33. The Morgan fingerprint density at radius 2 is 2.00 bits per heavy atom. The van der Waals surface area contributed by atoms with E-state index in [4.69, 9.17) is 10.2 Å². The molecule has 0 aliphatic carbocycles. The monoisotopic (exact) mass is 233 g/mol. The van der Waals surface area contributed by atoms with E-state index >= 15 is 0 Å². The lowest BCUT2D eigenvalue weighted by Gasteiger charge is -2.11. The van der Waals surface area contributed by atoms with Crippen LogP contribution in [0, 0.1) is 19.7 Å². The predicted octanol–water partition coefficient (Wildman–Crippen LogP) is 3.28. The zero-order chi connectivity index (χ0) is 12.4. The number of hydrogen-bond donors (Lipinski definition) is 1. The third-order valence-corrected chi connectivity index (χ3v) is 2.88. The minimum absolute atomic E-state index is 0.228. The number of halogens is 1. The molecule has 0 amide bonds. The number of aryl methyl sites for hydroxylation is 2. The topological polar surface area (TPSA) is 39.2 Å². The van der Waals surface area contributed by atoms with Crippen LogP contribution in [0.3, 0.4) is 0 Å². The van der Waals surface area contributed by atoms with Gasteiger partial charge < -0.3 is 10.2 Å². The Morgan fingerprint density at radius 3 is 2.65 bits per heavy atom. The third kappa shape index (κ3) is 2.74. The normalized spacial score (nSPS) is 12.7. The van der Waals surface area contributed by atoms with Crippen molar-refractivity contribution in [2.45, 2.75) is 26.3 Å². The summed E-state index contributed by atoms with van der Waals surface area (Å²) < 4.78 is 18.6. The van der Waals surface area contributed by atoms with Crippen LogP contribution in [0.1, 0.15) is 28.7 Å². The summed E-state index contributed by atoms with van der Waals surface area (Å²) in [6.45, 7) is 3.83. The highest BCUT2D eigenvalue weighted by molar-refractivity contribution is 5.28. The number of furan rings is 1. The summed E-state index contributed by atoms with van der Waals surface area (Å²) >= 11 is 0. The number of nitrogens with two attached hydrogens (primary N) is 1. The molecule has 0 spiro atoms. The van der Waals surface area contributed by atoms with Crippen LogP contribution in [0.15, 0.2) is 34.7 Å². The first-order valence-electron chi connectivity index (χ1n) is 5.63. The van der Waals surface area contributed by atoms with Crippen molar-refractivity contribution in [2.75, 3.05) is 0 Å². The van der Waals surface area contributed by atoms with Crippen LogP contribution in [0.25, 0.3) is 0 Å². The van der Waals surface area contributed by atoms with E-state index in [0.29, 0.717) is 6.42 Å². The number of benzene rings is 1. The molecule has 0 radical (unpaired) electrons. The van der Waals surface area contributed by atoms with Gasteiger partial charge in [0.1, 0.15) is 17.3 Å². The minimum Gasteiger partial charge on any atom is -0.465 e. The van der Waals surface area contributed by atoms with Crippen LogP contribution < -0.4 is 5.73 Å². The van der Waals surface area contributed by atoms with E-state index in [1.165, 1.54) is 12.1 Å². The SMILES string of the molecule is Cc1ccc(C(N)Cc2cc(F)ccc2C)o1. The predicted molar refractivity (Wildman–Crippen MR) is 65.2 cm³/mol. The van der Waals surface area contributed by atoms with Gasteiger partial charge in [-0.15, -0.1) is 0 Å². The Labute approximate surface area is 100 Å². The van der Waals surface area contributed by atoms with Crippen LogP contribution >= 0.6 is 0 Å². The molecule has 1 aromatic carbocycles. The zero-order valence-corrected chi connectivity index (χ0v) is 10.0. The van der Waals surface area contributed by atoms with E-state index in [0.717, 1.165) is 22.6 Å². The van der Waals surface area contributed by atoms with Crippen LogP contribution in [0.2, 0.25) is 0 Å². The molecular formula is C14H16FNO. The minimum atomic E-state index is -0.232. The van der Waals surface area contributed by atoms with Gasteiger partial charge in [0.15, 0.2) is 0 Å². The van der Waals surface area contributed by atoms with E-state index in [1.807, 2.05) is 26.0 Å². The van der Waals surface area contributed by atoms with Crippen LogP contribution in [0.5, 0.6) is 0 Å². The molecule has 0 fully saturated rings. The van der Waals surface area contributed by atoms with E-state index in [1.54, 1.807) is 6.07 Å². The number of rotatable bonds is 3. The van der Waals surface area contributed by atoms with Gasteiger partial charge in [-0.05, 0) is 55.7 Å². The van der Waals surface area contributed by atoms with Crippen molar-refractivity contribution in [1.82, 2.24) is 0 Å². The Morgan fingerprint density at radius 1 is 1.24 bits per heavy atom. The molecule has 2 aromatic rings. The van der Waals surface area contributed by atoms with Crippen molar-refractivity contribution in [3.63, 3.8) is 0 Å². The first kappa shape index (κ1) is 11.9. The molecule has 0 bridgehead atoms. The fourth-order valence-electron chi connectivity index (χ4n) is 1.85. The molecule has 2 rings (SSSR count). The van der Waals surface area contributed by atoms with Gasteiger partial charge in [-0.2, -0.15) is 0 Å². The molecule has 2 N–H and O–H groups in total. The Kier molecular flexibility index (Phi) is 3.29. The smallest absolute Gasteiger partial charge is 0.123 e. The van der Waals surface area contributed by atoms with Gasteiger partial charge in [0.05, 0.1) is 6.04 Å². The van der Waals surface area contributed by atoms with Gasteiger partial charge in [0, 0.05) is 0 Å². The van der Waals surface area contributed by atoms with Crippen molar-refractivity contribution < 1.29 is 8.81 Å². The third-order valence-electron chi connectivity index (χ3n) is 2.88. The molecule has 0 saturated heterocycles. The lowest BCUT2D eigenvalue weighted by Crippen LogP contribution is -2.13. The molecule has 0 aliphatic heterocycles. The van der Waals surface area contributed by atoms with Gasteiger partial charge in [0.2, 0.25) is 0 Å². The lowest BCUT2D eigenvalue weighted by atomic mass is 10.0. The van der Waals surface area contributed by atoms with Crippen molar-refractivity contribution >= 4 is 0 Å². The number of hydrogen-bond acceptors (Lipinski definition) is 2. The van der Waals surface area contributed by atoms with E-state index in [9.17, 15) is 4.39 Å². The van der Waals surface area contributed by atoms with Crippen LogP contribution in [0.4, 0.5) is 4.39 Å². The molecule has 0 saturated carbocycles. The highest BCUT2D eigenvalue weighted by atomic mass is 19.1. The summed E-state index contributed by atoms with van der Waals surface area (Å²) in [4.78, 5) is 0. The highest BCUT2D eigenvalue weighted by Crippen LogP contribution is 2.21. The van der Waals surface area contributed by atoms with Crippen molar-refractivity contribution in [3.8, 4) is 0 Å². The quantitative estimate of drug-likeness (QED) is 0.883. The second-order valence-corrected chi connectivity index (χ2v) is 4.33.